The number of hydrogen-bond acceptors (Lipinski definition) is 4. The third-order valence-corrected chi connectivity index (χ3v) is 7.41. The summed E-state index contributed by atoms with van der Waals surface area (Å²) in [5, 5.41) is 3.97. The lowest BCUT2D eigenvalue weighted by Crippen LogP contribution is -2.39. The molecule has 7 heteroatoms. The van der Waals surface area contributed by atoms with E-state index in [2.05, 4.69) is 50.7 Å². The molecule has 1 aliphatic heterocycles. The third-order valence-electron chi connectivity index (χ3n) is 7.41. The molecule has 7 nitrogen and oxygen atoms in total. The molecule has 1 atom stereocenters. The second kappa shape index (κ2) is 12.8. The van der Waals surface area contributed by atoms with Gasteiger partial charge in [-0.25, -0.2) is 4.79 Å². The Hall–Kier alpha value is -3.32. The maximum Gasteiger partial charge on any atom is 0.411 e. The number of para-hydroxylation sites is 1. The fraction of sp³-hybridized carbons (Fsp3) is 0.467. The first-order valence-corrected chi connectivity index (χ1v) is 13.3. The van der Waals surface area contributed by atoms with Crippen molar-refractivity contribution in [1.29, 1.82) is 0 Å². The molecule has 2 aromatic carbocycles. The van der Waals surface area contributed by atoms with Crippen molar-refractivity contribution < 1.29 is 19.1 Å². The average molecular weight is 506 g/mol. The Kier molecular flexibility index (Phi) is 9.23. The van der Waals surface area contributed by atoms with E-state index in [0.29, 0.717) is 18.0 Å². The van der Waals surface area contributed by atoms with E-state index in [0.717, 1.165) is 63.9 Å². The lowest BCUT2D eigenvalue weighted by molar-refractivity contribution is -0.132. The van der Waals surface area contributed by atoms with E-state index in [1.165, 1.54) is 29.3 Å². The fourth-order valence-electron chi connectivity index (χ4n) is 5.58. The summed E-state index contributed by atoms with van der Waals surface area (Å²) in [5.41, 5.74) is 5.85. The summed E-state index contributed by atoms with van der Waals surface area (Å²) in [7, 11) is 3.09. The van der Waals surface area contributed by atoms with Crippen LogP contribution in [0.5, 0.6) is 0 Å². The van der Waals surface area contributed by atoms with Crippen LogP contribution in [0.25, 0.3) is 10.9 Å². The maximum absolute atomic E-state index is 13.2. The zero-order chi connectivity index (χ0) is 26.2. The Labute approximate surface area is 219 Å². The molecule has 2 heterocycles. The minimum Gasteiger partial charge on any atom is -0.453 e. The molecule has 0 radical (unpaired) electrons. The number of likely N-dealkylation sites (tertiary alicyclic amines) is 1. The van der Waals surface area contributed by atoms with Crippen LogP contribution in [0.15, 0.2) is 48.5 Å². The summed E-state index contributed by atoms with van der Waals surface area (Å²) in [6.45, 7) is 5.53. The van der Waals surface area contributed by atoms with E-state index in [-0.39, 0.29) is 5.91 Å². The van der Waals surface area contributed by atoms with Crippen molar-refractivity contribution in [3.8, 4) is 0 Å². The highest BCUT2D eigenvalue weighted by atomic mass is 16.5. The monoisotopic (exact) mass is 505 g/mol. The maximum atomic E-state index is 13.2. The number of ether oxygens (including phenoxy) is 2. The smallest absolute Gasteiger partial charge is 0.411 e. The molecular weight excluding hydrogens is 466 g/mol. The SMILES string of the molecule is COCCCn1c(C2CCCN(C(=O)CCCc3ccc(NC(=O)OC)cc3)C2)c(C)c2ccccc21. The number of aryl methyl sites for hydroxylation is 3. The van der Waals surface area contributed by atoms with Gasteiger partial charge in [0.25, 0.3) is 0 Å². The molecule has 1 N–H and O–H groups in total. The van der Waals surface area contributed by atoms with Crippen LogP contribution in [0.3, 0.4) is 0 Å². The van der Waals surface area contributed by atoms with E-state index in [1.807, 2.05) is 24.3 Å². The summed E-state index contributed by atoms with van der Waals surface area (Å²) >= 11 is 0. The van der Waals surface area contributed by atoms with Crippen molar-refractivity contribution >= 4 is 28.6 Å². The normalized spacial score (nSPS) is 15.6. The van der Waals surface area contributed by atoms with Gasteiger partial charge in [0.1, 0.15) is 0 Å². The first-order chi connectivity index (χ1) is 18.0. The Balaban J connectivity index is 1.37. The number of carbonyl (C=O) groups excluding carboxylic acids is 2. The van der Waals surface area contributed by atoms with Crippen LogP contribution in [-0.2, 0) is 27.2 Å². The van der Waals surface area contributed by atoms with Crippen LogP contribution in [-0.4, -0.2) is 55.4 Å². The lowest BCUT2D eigenvalue weighted by atomic mass is 9.91. The molecule has 2 amide bonds. The second-order valence-corrected chi connectivity index (χ2v) is 9.87. The number of hydrogen-bond donors (Lipinski definition) is 1. The summed E-state index contributed by atoms with van der Waals surface area (Å²) in [6, 6.07) is 16.3. The first kappa shape index (κ1) is 26.7. The minimum atomic E-state index is -0.483. The van der Waals surface area contributed by atoms with Crippen molar-refractivity contribution in [2.45, 2.75) is 57.9 Å². The van der Waals surface area contributed by atoms with E-state index < -0.39 is 6.09 Å². The molecule has 3 aromatic rings. The lowest BCUT2D eigenvalue weighted by Gasteiger charge is -2.34. The van der Waals surface area contributed by atoms with Gasteiger partial charge in [-0.05, 0) is 68.4 Å². The Morgan fingerprint density at radius 2 is 1.84 bits per heavy atom. The zero-order valence-corrected chi connectivity index (χ0v) is 22.3. The summed E-state index contributed by atoms with van der Waals surface area (Å²) in [5.74, 6) is 0.593. The van der Waals surface area contributed by atoms with Crippen molar-refractivity contribution in [2.24, 2.45) is 0 Å². The van der Waals surface area contributed by atoms with Crippen LogP contribution in [0.1, 0.15) is 54.8 Å². The average Bonchev–Trinajstić information content (AvgIpc) is 3.21. The quantitative estimate of drug-likeness (QED) is 0.349. The fourth-order valence-corrected chi connectivity index (χ4v) is 5.58. The number of carbonyl (C=O) groups is 2. The third kappa shape index (κ3) is 6.52. The standard InChI is InChI=1S/C30H39N3O4/c1-22-26-11-4-5-12-27(26)33(19-8-20-36-2)29(22)24-10-7-18-32(21-24)28(34)13-6-9-23-14-16-25(17-15-23)31-30(35)37-3/h4-5,11-12,14-17,24H,6-10,13,18-21H2,1-3H3,(H,31,35). The molecular formula is C30H39N3O4. The van der Waals surface area contributed by atoms with Crippen molar-refractivity contribution in [1.82, 2.24) is 9.47 Å². The van der Waals surface area contributed by atoms with Crippen molar-refractivity contribution in [3.05, 3.63) is 65.4 Å². The topological polar surface area (TPSA) is 72.8 Å². The predicted octanol–water partition coefficient (Wildman–Crippen LogP) is 5.89. The van der Waals surface area contributed by atoms with Crippen LogP contribution in [0.4, 0.5) is 10.5 Å². The number of nitrogens with one attached hydrogen (secondary N) is 1. The van der Waals surface area contributed by atoms with Gasteiger partial charge in [-0.1, -0.05) is 30.3 Å². The van der Waals surface area contributed by atoms with E-state index >= 15 is 0 Å². The molecule has 1 unspecified atom stereocenters. The summed E-state index contributed by atoms with van der Waals surface area (Å²) in [6.07, 6.45) is 4.81. The predicted molar refractivity (Wildman–Crippen MR) is 147 cm³/mol. The zero-order valence-electron chi connectivity index (χ0n) is 22.3. The van der Waals surface area contributed by atoms with Crippen LogP contribution in [0, 0.1) is 6.92 Å². The highest BCUT2D eigenvalue weighted by Crippen LogP contribution is 2.36. The molecule has 1 saturated heterocycles. The van der Waals surface area contributed by atoms with E-state index in [9.17, 15) is 9.59 Å². The molecule has 0 bridgehead atoms. The highest BCUT2D eigenvalue weighted by molar-refractivity contribution is 5.86. The molecule has 1 aliphatic rings. The molecule has 1 aromatic heterocycles. The molecule has 0 saturated carbocycles. The van der Waals surface area contributed by atoms with Crippen LogP contribution in [0.2, 0.25) is 0 Å². The second-order valence-electron chi connectivity index (χ2n) is 9.87. The van der Waals surface area contributed by atoms with Gasteiger partial charge in [0.05, 0.1) is 7.11 Å². The summed E-state index contributed by atoms with van der Waals surface area (Å²) in [4.78, 5) is 26.6. The highest BCUT2D eigenvalue weighted by Gasteiger charge is 2.29. The Morgan fingerprint density at radius 1 is 1.05 bits per heavy atom. The van der Waals surface area contributed by atoms with Gasteiger partial charge in [-0.15, -0.1) is 0 Å². The number of amides is 2. The van der Waals surface area contributed by atoms with Crippen molar-refractivity contribution in [2.75, 3.05) is 39.2 Å². The molecule has 4 rings (SSSR count). The molecule has 37 heavy (non-hydrogen) atoms. The first-order valence-electron chi connectivity index (χ1n) is 13.3. The molecule has 0 aliphatic carbocycles. The number of piperidine rings is 1. The number of benzene rings is 2. The number of methoxy groups -OCH3 is 2. The number of nitrogens with zero attached hydrogens (tertiary/aromatic N) is 2. The van der Waals surface area contributed by atoms with Crippen molar-refractivity contribution in [3.63, 3.8) is 0 Å². The molecule has 0 spiro atoms. The van der Waals surface area contributed by atoms with E-state index in [1.54, 1.807) is 7.11 Å². The van der Waals surface area contributed by atoms with Crippen LogP contribution < -0.4 is 5.32 Å². The van der Waals surface area contributed by atoms with Crippen LogP contribution >= 0.6 is 0 Å². The molecule has 1 fully saturated rings. The summed E-state index contributed by atoms with van der Waals surface area (Å²) < 4.78 is 12.4. The van der Waals surface area contributed by atoms with E-state index in [4.69, 9.17) is 4.74 Å². The van der Waals surface area contributed by atoms with Gasteiger partial charge in [0.15, 0.2) is 0 Å². The van der Waals surface area contributed by atoms with Gasteiger partial charge in [0, 0.05) is 68.0 Å². The number of rotatable bonds is 10. The number of aromatic nitrogens is 1. The van der Waals surface area contributed by atoms with Gasteiger partial charge in [-0.2, -0.15) is 0 Å². The molecule has 198 valence electrons. The Bertz CT molecular complexity index is 1200. The largest absolute Gasteiger partial charge is 0.453 e. The van der Waals surface area contributed by atoms with Gasteiger partial charge in [-0.3, -0.25) is 10.1 Å². The van der Waals surface area contributed by atoms with Gasteiger partial charge >= 0.3 is 6.09 Å². The van der Waals surface area contributed by atoms with Gasteiger partial charge in [0.2, 0.25) is 5.91 Å². The minimum absolute atomic E-state index is 0.244. The number of anilines is 1. The number of fused-ring (bicyclic) bond motifs is 1. The Morgan fingerprint density at radius 3 is 2.59 bits per heavy atom. The van der Waals surface area contributed by atoms with Gasteiger partial charge < -0.3 is 18.9 Å².